The molecule has 0 aliphatic rings. The standard InChI is InChI=1S/C10H11N3/c1-7-9(4-3-5-11-7)10-8(2)12-6-13-10/h3-6H,1-2H3,(H,12,13). The van der Waals surface area contributed by atoms with E-state index in [1.165, 1.54) is 0 Å². The molecule has 0 radical (unpaired) electrons. The van der Waals surface area contributed by atoms with Gasteiger partial charge in [-0.2, -0.15) is 0 Å². The summed E-state index contributed by atoms with van der Waals surface area (Å²) >= 11 is 0. The van der Waals surface area contributed by atoms with E-state index in [0.717, 1.165) is 22.6 Å². The maximum Gasteiger partial charge on any atom is 0.0929 e. The SMILES string of the molecule is Cc1ncccc1-c1nc[nH]c1C. The van der Waals surface area contributed by atoms with E-state index >= 15 is 0 Å². The minimum Gasteiger partial charge on any atom is -0.348 e. The first-order chi connectivity index (χ1) is 6.29. The lowest BCUT2D eigenvalue weighted by Gasteiger charge is -2.01. The fourth-order valence-electron chi connectivity index (χ4n) is 1.36. The Hall–Kier alpha value is -1.64. The van der Waals surface area contributed by atoms with Crippen LogP contribution < -0.4 is 0 Å². The van der Waals surface area contributed by atoms with Crippen LogP contribution in [0.15, 0.2) is 24.7 Å². The van der Waals surface area contributed by atoms with Gasteiger partial charge in [0.15, 0.2) is 0 Å². The molecule has 2 aromatic heterocycles. The summed E-state index contributed by atoms with van der Waals surface area (Å²) in [6, 6.07) is 3.96. The number of hydrogen-bond acceptors (Lipinski definition) is 2. The summed E-state index contributed by atoms with van der Waals surface area (Å²) in [7, 11) is 0. The quantitative estimate of drug-likeness (QED) is 0.717. The van der Waals surface area contributed by atoms with Crippen LogP contribution in [0.25, 0.3) is 11.3 Å². The molecule has 66 valence electrons. The number of nitrogens with zero attached hydrogens (tertiary/aromatic N) is 2. The highest BCUT2D eigenvalue weighted by Gasteiger charge is 2.06. The van der Waals surface area contributed by atoms with E-state index in [1.807, 2.05) is 26.0 Å². The Bertz CT molecular complexity index is 418. The lowest BCUT2D eigenvalue weighted by Crippen LogP contribution is -1.88. The van der Waals surface area contributed by atoms with Crippen molar-refractivity contribution in [3.8, 4) is 11.3 Å². The largest absolute Gasteiger partial charge is 0.348 e. The molecule has 0 saturated heterocycles. The maximum atomic E-state index is 4.25. The van der Waals surface area contributed by atoms with Gasteiger partial charge in [-0.05, 0) is 26.0 Å². The van der Waals surface area contributed by atoms with Crippen LogP contribution in [0.2, 0.25) is 0 Å². The Morgan fingerprint density at radius 1 is 1.23 bits per heavy atom. The van der Waals surface area contributed by atoms with E-state index in [9.17, 15) is 0 Å². The minimum atomic E-state index is 0.991. The lowest BCUT2D eigenvalue weighted by atomic mass is 10.1. The van der Waals surface area contributed by atoms with Crippen LogP contribution in [0, 0.1) is 13.8 Å². The minimum absolute atomic E-state index is 0.991. The van der Waals surface area contributed by atoms with Crippen molar-refractivity contribution in [3.05, 3.63) is 36.0 Å². The van der Waals surface area contributed by atoms with Gasteiger partial charge in [-0.25, -0.2) is 4.98 Å². The predicted molar refractivity (Wildman–Crippen MR) is 51.3 cm³/mol. The van der Waals surface area contributed by atoms with E-state index in [-0.39, 0.29) is 0 Å². The molecule has 2 aromatic rings. The molecule has 3 nitrogen and oxygen atoms in total. The zero-order valence-corrected chi connectivity index (χ0v) is 7.70. The third-order valence-electron chi connectivity index (χ3n) is 2.09. The van der Waals surface area contributed by atoms with E-state index in [1.54, 1.807) is 12.5 Å². The zero-order chi connectivity index (χ0) is 9.26. The van der Waals surface area contributed by atoms with Gasteiger partial charge < -0.3 is 4.98 Å². The Morgan fingerprint density at radius 2 is 2.08 bits per heavy atom. The molecule has 0 unspecified atom stereocenters. The number of aromatic amines is 1. The second-order valence-electron chi connectivity index (χ2n) is 3.01. The Balaban J connectivity index is 2.59. The van der Waals surface area contributed by atoms with Crippen LogP contribution in [0.5, 0.6) is 0 Å². The second-order valence-corrected chi connectivity index (χ2v) is 3.01. The smallest absolute Gasteiger partial charge is 0.0929 e. The van der Waals surface area contributed by atoms with Gasteiger partial charge in [0.05, 0.1) is 12.0 Å². The fourth-order valence-corrected chi connectivity index (χ4v) is 1.36. The van der Waals surface area contributed by atoms with Crippen molar-refractivity contribution in [1.82, 2.24) is 15.0 Å². The number of aryl methyl sites for hydroxylation is 2. The molecule has 0 aliphatic carbocycles. The molecule has 0 aliphatic heterocycles. The fraction of sp³-hybridized carbons (Fsp3) is 0.200. The van der Waals surface area contributed by atoms with Gasteiger partial charge in [0.1, 0.15) is 0 Å². The van der Waals surface area contributed by atoms with E-state index < -0.39 is 0 Å². The third-order valence-corrected chi connectivity index (χ3v) is 2.09. The van der Waals surface area contributed by atoms with Gasteiger partial charge in [-0.3, -0.25) is 4.98 Å². The monoisotopic (exact) mass is 173 g/mol. The van der Waals surface area contributed by atoms with Crippen molar-refractivity contribution in [2.45, 2.75) is 13.8 Å². The van der Waals surface area contributed by atoms with Crippen LogP contribution in [0.1, 0.15) is 11.4 Å². The van der Waals surface area contributed by atoms with Crippen LogP contribution in [0.4, 0.5) is 0 Å². The summed E-state index contributed by atoms with van der Waals surface area (Å²) in [6.45, 7) is 4.00. The van der Waals surface area contributed by atoms with Gasteiger partial charge in [-0.1, -0.05) is 0 Å². The Labute approximate surface area is 76.9 Å². The molecule has 0 bridgehead atoms. The summed E-state index contributed by atoms with van der Waals surface area (Å²) in [5.74, 6) is 0. The second kappa shape index (κ2) is 3.01. The molecule has 13 heavy (non-hydrogen) atoms. The van der Waals surface area contributed by atoms with E-state index in [4.69, 9.17) is 0 Å². The highest BCUT2D eigenvalue weighted by Crippen LogP contribution is 2.21. The number of rotatable bonds is 1. The molecule has 2 rings (SSSR count). The molecule has 0 amide bonds. The number of imidazole rings is 1. The molecule has 0 saturated carbocycles. The maximum absolute atomic E-state index is 4.25. The van der Waals surface area contributed by atoms with Crippen LogP contribution >= 0.6 is 0 Å². The first kappa shape index (κ1) is 7.98. The highest BCUT2D eigenvalue weighted by molar-refractivity contribution is 5.63. The first-order valence-corrected chi connectivity index (χ1v) is 4.21. The van der Waals surface area contributed by atoms with Gasteiger partial charge in [0.25, 0.3) is 0 Å². The van der Waals surface area contributed by atoms with E-state index in [0.29, 0.717) is 0 Å². The summed E-state index contributed by atoms with van der Waals surface area (Å²) in [4.78, 5) is 11.5. The summed E-state index contributed by atoms with van der Waals surface area (Å²) in [5, 5.41) is 0. The van der Waals surface area contributed by atoms with Crippen molar-refractivity contribution in [2.75, 3.05) is 0 Å². The van der Waals surface area contributed by atoms with Crippen LogP contribution in [-0.2, 0) is 0 Å². The van der Waals surface area contributed by atoms with Crippen molar-refractivity contribution in [1.29, 1.82) is 0 Å². The zero-order valence-electron chi connectivity index (χ0n) is 7.70. The number of nitrogens with one attached hydrogen (secondary N) is 1. The highest BCUT2D eigenvalue weighted by atomic mass is 14.9. The van der Waals surface area contributed by atoms with Crippen LogP contribution in [0.3, 0.4) is 0 Å². The van der Waals surface area contributed by atoms with Gasteiger partial charge in [0.2, 0.25) is 0 Å². The van der Waals surface area contributed by atoms with Gasteiger partial charge in [0, 0.05) is 23.1 Å². The third kappa shape index (κ3) is 1.33. The van der Waals surface area contributed by atoms with E-state index in [2.05, 4.69) is 15.0 Å². The molecule has 0 aromatic carbocycles. The average Bonchev–Trinajstić information content (AvgIpc) is 2.52. The molecular weight excluding hydrogens is 162 g/mol. The summed E-state index contributed by atoms with van der Waals surface area (Å²) in [5.41, 5.74) is 4.18. The molecular formula is C10H11N3. The molecule has 0 atom stereocenters. The molecule has 0 spiro atoms. The van der Waals surface area contributed by atoms with Crippen molar-refractivity contribution in [2.24, 2.45) is 0 Å². The first-order valence-electron chi connectivity index (χ1n) is 4.21. The Morgan fingerprint density at radius 3 is 2.69 bits per heavy atom. The van der Waals surface area contributed by atoms with Gasteiger partial charge >= 0.3 is 0 Å². The lowest BCUT2D eigenvalue weighted by molar-refractivity contribution is 1.19. The number of aromatic nitrogens is 3. The molecule has 0 fully saturated rings. The van der Waals surface area contributed by atoms with Crippen molar-refractivity contribution >= 4 is 0 Å². The number of pyridine rings is 1. The molecule has 3 heteroatoms. The topological polar surface area (TPSA) is 41.6 Å². The predicted octanol–water partition coefficient (Wildman–Crippen LogP) is 2.09. The summed E-state index contributed by atoms with van der Waals surface area (Å²) in [6.07, 6.45) is 3.50. The van der Waals surface area contributed by atoms with Crippen LogP contribution in [-0.4, -0.2) is 15.0 Å². The van der Waals surface area contributed by atoms with Crippen molar-refractivity contribution < 1.29 is 0 Å². The summed E-state index contributed by atoms with van der Waals surface area (Å²) < 4.78 is 0. The van der Waals surface area contributed by atoms with Gasteiger partial charge in [-0.15, -0.1) is 0 Å². The van der Waals surface area contributed by atoms with Crippen molar-refractivity contribution in [3.63, 3.8) is 0 Å². The average molecular weight is 173 g/mol. The number of hydrogen-bond donors (Lipinski definition) is 1. The molecule has 2 heterocycles. The number of H-pyrrole nitrogens is 1. The molecule has 1 N–H and O–H groups in total. The normalized spacial score (nSPS) is 10.3. The Kier molecular flexibility index (Phi) is 1.85.